The summed E-state index contributed by atoms with van der Waals surface area (Å²) in [7, 11) is 1.57. The van der Waals surface area contributed by atoms with E-state index in [2.05, 4.69) is 15.9 Å². The zero-order chi connectivity index (χ0) is 15.6. The topological polar surface area (TPSA) is 86.5 Å². The third kappa shape index (κ3) is 6.06. The molecule has 0 spiro atoms. The number of benzene rings is 1. The fourth-order valence-corrected chi connectivity index (χ4v) is 3.89. The predicted octanol–water partition coefficient (Wildman–Crippen LogP) is 3.33. The molecule has 1 aromatic rings. The SMILES string of the molecule is CC(C)(COc1cc(Br)cc([N+](=O)[O-])c1)CS(=O)(=O)Cl. The Balaban J connectivity index is 2.82. The van der Waals surface area contributed by atoms with Crippen LogP contribution in [0.25, 0.3) is 0 Å². The summed E-state index contributed by atoms with van der Waals surface area (Å²) in [5, 5.41) is 10.7. The minimum Gasteiger partial charge on any atom is -0.493 e. The molecule has 9 heteroatoms. The number of nitro benzene ring substituents is 1. The van der Waals surface area contributed by atoms with Gasteiger partial charge in [0, 0.05) is 26.6 Å². The molecule has 0 amide bonds. The Morgan fingerprint density at radius 3 is 2.50 bits per heavy atom. The molecule has 0 aliphatic heterocycles. The van der Waals surface area contributed by atoms with Gasteiger partial charge in [-0.05, 0) is 6.07 Å². The Labute approximate surface area is 129 Å². The molecule has 0 saturated carbocycles. The van der Waals surface area contributed by atoms with Gasteiger partial charge in [-0.3, -0.25) is 10.1 Å². The molecule has 0 atom stereocenters. The molecule has 1 aromatic carbocycles. The van der Waals surface area contributed by atoms with Gasteiger partial charge in [-0.15, -0.1) is 0 Å². The first kappa shape index (κ1) is 17.2. The molecule has 0 saturated heterocycles. The smallest absolute Gasteiger partial charge is 0.274 e. The van der Waals surface area contributed by atoms with Gasteiger partial charge >= 0.3 is 0 Å². The Hall–Kier alpha value is -0.860. The van der Waals surface area contributed by atoms with Gasteiger partial charge < -0.3 is 4.74 Å². The first-order valence-corrected chi connectivity index (χ1v) is 8.76. The Bertz CT molecular complexity index is 617. The second-order valence-corrected chi connectivity index (χ2v) is 8.73. The molecule has 6 nitrogen and oxygen atoms in total. The van der Waals surface area contributed by atoms with E-state index in [4.69, 9.17) is 15.4 Å². The standard InChI is InChI=1S/C11H13BrClNO5S/c1-11(2,7-20(13,17)18)6-19-10-4-8(12)3-9(5-10)14(15)16/h3-5H,6-7H2,1-2H3. The summed E-state index contributed by atoms with van der Waals surface area (Å²) < 4.78 is 28.1. The number of rotatable bonds is 6. The van der Waals surface area contributed by atoms with Gasteiger partial charge in [-0.1, -0.05) is 29.8 Å². The van der Waals surface area contributed by atoms with Gasteiger partial charge in [0.05, 0.1) is 23.3 Å². The number of nitrogens with zero attached hydrogens (tertiary/aromatic N) is 1. The number of ether oxygens (including phenoxy) is 1. The highest BCUT2D eigenvalue weighted by Crippen LogP contribution is 2.28. The third-order valence-electron chi connectivity index (χ3n) is 2.26. The van der Waals surface area contributed by atoms with Gasteiger partial charge in [-0.25, -0.2) is 8.42 Å². The van der Waals surface area contributed by atoms with Crippen molar-refractivity contribution in [3.63, 3.8) is 0 Å². The number of halogens is 2. The van der Waals surface area contributed by atoms with Gasteiger partial charge in [0.1, 0.15) is 5.75 Å². The summed E-state index contributed by atoms with van der Waals surface area (Å²) >= 11 is 3.15. The van der Waals surface area contributed by atoms with Crippen LogP contribution in [0.1, 0.15) is 13.8 Å². The van der Waals surface area contributed by atoms with Crippen molar-refractivity contribution in [3.8, 4) is 5.75 Å². The van der Waals surface area contributed by atoms with E-state index in [-0.39, 0.29) is 23.8 Å². The van der Waals surface area contributed by atoms with Crippen molar-refractivity contribution in [1.29, 1.82) is 0 Å². The average Bonchev–Trinajstić information content (AvgIpc) is 2.22. The maximum atomic E-state index is 11.1. The van der Waals surface area contributed by atoms with Crippen LogP contribution in [-0.2, 0) is 9.05 Å². The van der Waals surface area contributed by atoms with E-state index in [9.17, 15) is 18.5 Å². The van der Waals surface area contributed by atoms with E-state index in [0.717, 1.165) is 0 Å². The summed E-state index contributed by atoms with van der Waals surface area (Å²) in [6.45, 7) is 3.42. The van der Waals surface area contributed by atoms with Crippen molar-refractivity contribution in [2.75, 3.05) is 12.4 Å². The first-order valence-electron chi connectivity index (χ1n) is 5.49. The van der Waals surface area contributed by atoms with Crippen LogP contribution >= 0.6 is 26.6 Å². The summed E-state index contributed by atoms with van der Waals surface area (Å²) in [5.41, 5.74) is -0.824. The van der Waals surface area contributed by atoms with Crippen molar-refractivity contribution in [3.05, 3.63) is 32.8 Å². The first-order chi connectivity index (χ1) is 8.98. The lowest BCUT2D eigenvalue weighted by molar-refractivity contribution is -0.385. The van der Waals surface area contributed by atoms with Crippen molar-refractivity contribution in [2.24, 2.45) is 5.41 Å². The van der Waals surface area contributed by atoms with Gasteiger partial charge in [-0.2, -0.15) is 0 Å². The quantitative estimate of drug-likeness (QED) is 0.425. The molecule has 0 N–H and O–H groups in total. The highest BCUT2D eigenvalue weighted by Gasteiger charge is 2.26. The maximum Gasteiger partial charge on any atom is 0.274 e. The van der Waals surface area contributed by atoms with Gasteiger partial charge in [0.25, 0.3) is 5.69 Å². The highest BCUT2D eigenvalue weighted by molar-refractivity contribution is 9.10. The van der Waals surface area contributed by atoms with Crippen molar-refractivity contribution >= 4 is 41.4 Å². The van der Waals surface area contributed by atoms with Crippen LogP contribution in [0.2, 0.25) is 0 Å². The molecule has 1 rings (SSSR count). The highest BCUT2D eigenvalue weighted by atomic mass is 79.9. The van der Waals surface area contributed by atoms with E-state index in [1.165, 1.54) is 12.1 Å². The summed E-state index contributed by atoms with van der Waals surface area (Å²) in [5.74, 6) is 0.0311. The zero-order valence-corrected chi connectivity index (χ0v) is 14.0. The third-order valence-corrected chi connectivity index (χ3v) is 4.17. The van der Waals surface area contributed by atoms with E-state index in [1.54, 1.807) is 19.9 Å². The Morgan fingerprint density at radius 1 is 1.40 bits per heavy atom. The lowest BCUT2D eigenvalue weighted by Crippen LogP contribution is -2.28. The molecule has 0 aliphatic rings. The fraction of sp³-hybridized carbons (Fsp3) is 0.455. The maximum absolute atomic E-state index is 11.1. The van der Waals surface area contributed by atoms with Gasteiger partial charge in [0.15, 0.2) is 0 Å². The van der Waals surface area contributed by atoms with Gasteiger partial charge in [0.2, 0.25) is 9.05 Å². The number of hydrogen-bond donors (Lipinski definition) is 0. The minimum absolute atomic E-state index is 0.0621. The molecule has 112 valence electrons. The molecule has 0 heterocycles. The van der Waals surface area contributed by atoms with Crippen LogP contribution in [-0.4, -0.2) is 25.7 Å². The van der Waals surface area contributed by atoms with Crippen molar-refractivity contribution < 1.29 is 18.1 Å². The molecule has 0 radical (unpaired) electrons. The van der Waals surface area contributed by atoms with Crippen LogP contribution in [0.5, 0.6) is 5.75 Å². The molecular formula is C11H13BrClNO5S. The Morgan fingerprint density at radius 2 is 2.00 bits per heavy atom. The normalized spacial score (nSPS) is 12.2. The molecule has 0 aliphatic carbocycles. The number of hydrogen-bond acceptors (Lipinski definition) is 5. The lowest BCUT2D eigenvalue weighted by Gasteiger charge is -2.22. The summed E-state index contributed by atoms with van der Waals surface area (Å²) in [4.78, 5) is 10.2. The van der Waals surface area contributed by atoms with Crippen LogP contribution < -0.4 is 4.74 Å². The number of non-ortho nitro benzene ring substituents is 1. The molecule has 0 aromatic heterocycles. The molecule has 0 bridgehead atoms. The van der Waals surface area contributed by atoms with Crippen LogP contribution in [0.3, 0.4) is 0 Å². The predicted molar refractivity (Wildman–Crippen MR) is 79.7 cm³/mol. The number of nitro groups is 1. The lowest BCUT2D eigenvalue weighted by atomic mass is 9.98. The van der Waals surface area contributed by atoms with Crippen molar-refractivity contribution in [2.45, 2.75) is 13.8 Å². The van der Waals surface area contributed by atoms with Crippen LogP contribution in [0, 0.1) is 15.5 Å². The summed E-state index contributed by atoms with van der Waals surface area (Å²) in [6.07, 6.45) is 0. The van der Waals surface area contributed by atoms with E-state index < -0.39 is 19.4 Å². The van der Waals surface area contributed by atoms with E-state index in [0.29, 0.717) is 4.47 Å². The van der Waals surface area contributed by atoms with E-state index in [1.807, 2.05) is 0 Å². The fourth-order valence-electron chi connectivity index (χ4n) is 1.52. The molecular weight excluding hydrogens is 374 g/mol. The van der Waals surface area contributed by atoms with Crippen molar-refractivity contribution in [1.82, 2.24) is 0 Å². The second kappa shape index (κ2) is 6.28. The largest absolute Gasteiger partial charge is 0.493 e. The van der Waals surface area contributed by atoms with E-state index >= 15 is 0 Å². The van der Waals surface area contributed by atoms with Crippen LogP contribution in [0.15, 0.2) is 22.7 Å². The van der Waals surface area contributed by atoms with Crippen LogP contribution in [0.4, 0.5) is 5.69 Å². The molecule has 20 heavy (non-hydrogen) atoms. The summed E-state index contributed by atoms with van der Waals surface area (Å²) in [6, 6.07) is 4.19. The minimum atomic E-state index is -3.64. The molecule has 0 unspecified atom stereocenters. The Kier molecular flexibility index (Phi) is 5.39. The molecule has 0 fully saturated rings. The monoisotopic (exact) mass is 385 g/mol. The zero-order valence-electron chi connectivity index (χ0n) is 10.8. The second-order valence-electron chi connectivity index (χ2n) is 5.04. The average molecular weight is 387 g/mol.